The molecule has 0 aliphatic carbocycles. The minimum atomic E-state index is -1.82. The Labute approximate surface area is 568 Å². The molecule has 2 aliphatic heterocycles. The number of guanidine groups is 1. The standard InChI is InChI=1S/C58H93FN14O20S3/c1-2-86-21-22-90-27-24-88-19-16-63-52(80)44-35-94-38-49(76)67-41(11-6-7-14-62-48(75)34-93-66-17-20-89-25-28-92-30-29-91-26-23-87-18-13-59)53(81)72-45-36-95-96-37-46(57(85)70-42(54(82)71-44)31-39-9-4-3-5-10-39)73-55(83)43(32-50(77)78)68-47(74)33-65-51(79)40(69-56(45)84)12-8-15-64-58(60)61/h3-5,9-10,17,40-46H,2,6-8,11-16,18-38H2,1H3,(H,62,75)(H,63,80)(H,65,79)(H,67,76)(H,68,74)(H,69,84)(H,70,85)(H,71,82)(H,72,81)(H,73,83)(H,77,78)(H4,60,61,64)/t40-,41-,42-,43-,44-,45-,46-/m0/s1. The number of aliphatic carboxylic acids is 1. The molecule has 3 rings (SSSR count). The van der Waals surface area contributed by atoms with Crippen LogP contribution in [-0.2, 0) is 97.2 Å². The Balaban J connectivity index is 1.94. The minimum absolute atomic E-state index is 0.00584. The van der Waals surface area contributed by atoms with E-state index in [1.807, 2.05) is 6.92 Å². The van der Waals surface area contributed by atoms with Gasteiger partial charge in [0.25, 0.3) is 5.91 Å². The highest BCUT2D eigenvalue weighted by Gasteiger charge is 2.35. The summed E-state index contributed by atoms with van der Waals surface area (Å²) in [5.74, 6) is -11.7. The number of carbonyl (C=O) groups excluding carboxylic acids is 10. The summed E-state index contributed by atoms with van der Waals surface area (Å²) < 4.78 is 49.4. The molecular formula is C58H93FN14O20S3. The SMILES string of the molecule is CCOCCOCCOCCNC(=O)[C@@H]1CSCC(=O)N[C@@H](CCCCNC(=O)CON=CCOCCOCCOCCOCCF)C(=O)N[C@H]2CSSC[C@H](NC(=O)[C@H](CC(=O)O)NC(=O)CNC(=O)[C@H](CCCN=C(N)N)NC2=O)C(=O)N[C@@H](Cc2ccccc2)C(=O)N1. The topological polar surface area (TPSA) is 479 Å². The molecule has 0 saturated carbocycles. The second-order valence-electron chi connectivity index (χ2n) is 20.8. The van der Waals surface area contributed by atoms with Gasteiger partial charge in [-0.1, -0.05) is 57.1 Å². The van der Waals surface area contributed by atoms with Gasteiger partial charge in [-0.05, 0) is 44.6 Å². The number of halogens is 1. The van der Waals surface area contributed by atoms with Gasteiger partial charge < -0.3 is 108 Å². The Morgan fingerprint density at radius 2 is 1.18 bits per heavy atom. The van der Waals surface area contributed by atoms with Gasteiger partial charge in [0.1, 0.15) is 49.0 Å². The second kappa shape index (κ2) is 52.0. The normalized spacial score (nSPS) is 20.7. The number of ether oxygens (including phenoxy) is 7. The van der Waals surface area contributed by atoms with Crippen LogP contribution in [0.2, 0.25) is 0 Å². The Kier molecular flexibility index (Phi) is 45.0. The molecule has 2 heterocycles. The molecule has 2 saturated heterocycles. The van der Waals surface area contributed by atoms with Crippen LogP contribution in [0.15, 0.2) is 40.5 Å². The molecule has 2 bridgehead atoms. The molecule has 2 fully saturated rings. The van der Waals surface area contributed by atoms with Crippen LogP contribution in [0.25, 0.3) is 0 Å². The number of nitrogens with one attached hydrogen (secondary N) is 10. The molecule has 10 amide bonds. The predicted octanol–water partition coefficient (Wildman–Crippen LogP) is -4.08. The summed E-state index contributed by atoms with van der Waals surface area (Å²) in [6, 6.07) is -2.03. The number of rotatable bonds is 40. The molecule has 34 nitrogen and oxygen atoms in total. The summed E-state index contributed by atoms with van der Waals surface area (Å²) in [4.78, 5) is 161. The van der Waals surface area contributed by atoms with E-state index in [2.05, 4.69) is 63.3 Å². The summed E-state index contributed by atoms with van der Waals surface area (Å²) in [6.07, 6.45) is 0.569. The number of fused-ring (bicyclic) bond motifs is 5. The first-order chi connectivity index (χ1) is 46.4. The molecule has 96 heavy (non-hydrogen) atoms. The highest BCUT2D eigenvalue weighted by atomic mass is 33.1. The van der Waals surface area contributed by atoms with Crippen LogP contribution in [-0.4, -0.2) is 280 Å². The van der Waals surface area contributed by atoms with E-state index in [0.717, 1.165) is 33.3 Å². The number of nitrogens with zero attached hydrogens (tertiary/aromatic N) is 2. The molecule has 7 atom stereocenters. The van der Waals surface area contributed by atoms with E-state index in [4.69, 9.17) is 49.5 Å². The molecular weight excluding hydrogens is 1330 g/mol. The molecule has 1 aromatic carbocycles. The van der Waals surface area contributed by atoms with Gasteiger partial charge in [-0.15, -0.1) is 11.8 Å². The lowest BCUT2D eigenvalue weighted by atomic mass is 10.0. The van der Waals surface area contributed by atoms with Crippen molar-refractivity contribution in [1.29, 1.82) is 0 Å². The summed E-state index contributed by atoms with van der Waals surface area (Å²) in [5, 5.41) is 39.4. The first-order valence-corrected chi connectivity index (χ1v) is 34.8. The van der Waals surface area contributed by atoms with Crippen LogP contribution < -0.4 is 64.6 Å². The smallest absolute Gasteiger partial charge is 0.305 e. The predicted molar refractivity (Wildman–Crippen MR) is 353 cm³/mol. The lowest BCUT2D eigenvalue weighted by Crippen LogP contribution is -2.60. The van der Waals surface area contributed by atoms with Crippen LogP contribution in [0.1, 0.15) is 51.0 Å². The fraction of sp³-hybridized carbons (Fsp3) is 0.672. The van der Waals surface area contributed by atoms with E-state index < -0.39 is 134 Å². The van der Waals surface area contributed by atoms with Crippen LogP contribution in [0.3, 0.4) is 0 Å². The van der Waals surface area contributed by atoms with E-state index in [1.54, 1.807) is 30.3 Å². The van der Waals surface area contributed by atoms with Crippen molar-refractivity contribution in [2.24, 2.45) is 21.6 Å². The van der Waals surface area contributed by atoms with Gasteiger partial charge in [0.2, 0.25) is 53.2 Å². The second-order valence-corrected chi connectivity index (χ2v) is 24.4. The number of amides is 10. The van der Waals surface area contributed by atoms with Crippen molar-refractivity contribution in [1.82, 2.24) is 53.2 Å². The largest absolute Gasteiger partial charge is 0.481 e. The zero-order valence-electron chi connectivity index (χ0n) is 53.8. The van der Waals surface area contributed by atoms with Crippen LogP contribution in [0, 0.1) is 0 Å². The van der Waals surface area contributed by atoms with Gasteiger partial charge in [-0.25, -0.2) is 4.39 Å². The molecule has 0 spiro atoms. The number of carboxylic acids is 1. The molecule has 0 radical (unpaired) electrons. The Morgan fingerprint density at radius 3 is 1.80 bits per heavy atom. The average molecular weight is 1420 g/mol. The van der Waals surface area contributed by atoms with Crippen LogP contribution in [0.5, 0.6) is 0 Å². The summed E-state index contributed by atoms with van der Waals surface area (Å²) >= 11 is 0.909. The molecule has 540 valence electrons. The first-order valence-electron chi connectivity index (χ1n) is 31.2. The van der Waals surface area contributed by atoms with E-state index in [0.29, 0.717) is 45.2 Å². The van der Waals surface area contributed by atoms with E-state index >= 15 is 0 Å². The Morgan fingerprint density at radius 1 is 0.615 bits per heavy atom. The van der Waals surface area contributed by atoms with Gasteiger partial charge in [-0.3, -0.25) is 57.7 Å². The molecule has 15 N–H and O–H groups in total. The summed E-state index contributed by atoms with van der Waals surface area (Å²) in [5.41, 5.74) is 11.6. The monoisotopic (exact) mass is 1420 g/mol. The van der Waals surface area contributed by atoms with Crippen molar-refractivity contribution in [3.63, 3.8) is 0 Å². The number of oxime groups is 1. The number of thioether (sulfide) groups is 1. The number of nitrogens with two attached hydrogens (primary N) is 2. The number of alkyl halides is 1. The van der Waals surface area contributed by atoms with Gasteiger partial charge in [-0.2, -0.15) is 0 Å². The average Bonchev–Trinajstić information content (AvgIpc) is 1.04. The number of carbonyl (C=O) groups is 11. The van der Waals surface area contributed by atoms with Crippen molar-refractivity contribution in [2.75, 3.05) is 155 Å². The number of benzene rings is 1. The third-order valence-corrected chi connectivity index (χ3v) is 16.6. The van der Waals surface area contributed by atoms with Crippen LogP contribution >= 0.6 is 33.3 Å². The fourth-order valence-electron chi connectivity index (χ4n) is 8.40. The zero-order valence-corrected chi connectivity index (χ0v) is 56.2. The Hall–Kier alpha value is -7.17. The van der Waals surface area contributed by atoms with Gasteiger partial charge in [0.05, 0.1) is 111 Å². The van der Waals surface area contributed by atoms with Crippen molar-refractivity contribution < 1.29 is 100 Å². The van der Waals surface area contributed by atoms with Crippen molar-refractivity contribution in [3.05, 3.63) is 35.9 Å². The van der Waals surface area contributed by atoms with Gasteiger partial charge in [0.15, 0.2) is 12.6 Å². The van der Waals surface area contributed by atoms with Crippen LogP contribution in [0.4, 0.5) is 4.39 Å². The van der Waals surface area contributed by atoms with Gasteiger partial charge in [0, 0.05) is 49.9 Å². The van der Waals surface area contributed by atoms with Crippen molar-refractivity contribution in [3.8, 4) is 0 Å². The third kappa shape index (κ3) is 39.1. The van der Waals surface area contributed by atoms with E-state index in [9.17, 15) is 62.2 Å². The maximum Gasteiger partial charge on any atom is 0.305 e. The molecule has 38 heteroatoms. The lowest BCUT2D eigenvalue weighted by Gasteiger charge is -2.27. The fourth-order valence-corrected chi connectivity index (χ4v) is 11.6. The molecule has 0 aromatic heterocycles. The zero-order chi connectivity index (χ0) is 70.0. The number of aliphatic imine (C=N–C) groups is 1. The van der Waals surface area contributed by atoms with Gasteiger partial charge >= 0.3 is 5.97 Å². The van der Waals surface area contributed by atoms with Crippen molar-refractivity contribution >= 4 is 111 Å². The Bertz CT molecular complexity index is 2590. The van der Waals surface area contributed by atoms with E-state index in [-0.39, 0.29) is 140 Å². The number of carboxylic acid groups (broad SMARTS) is 1. The number of hydrogen-bond donors (Lipinski definition) is 13. The minimum Gasteiger partial charge on any atom is -0.481 e. The molecule has 1 aromatic rings. The highest BCUT2D eigenvalue weighted by Crippen LogP contribution is 2.24. The van der Waals surface area contributed by atoms with Crippen molar-refractivity contribution in [2.45, 2.75) is 94.2 Å². The van der Waals surface area contributed by atoms with E-state index in [1.165, 1.54) is 6.21 Å². The molecule has 0 unspecified atom stereocenters. The first kappa shape index (κ1) is 83.1. The molecule has 2 aliphatic rings. The quantitative estimate of drug-likeness (QED) is 0.00977. The maximum atomic E-state index is 14.6. The highest BCUT2D eigenvalue weighted by molar-refractivity contribution is 8.76. The lowest BCUT2D eigenvalue weighted by molar-refractivity contribution is -0.141. The number of unbranched alkanes of at least 4 members (excludes halogenated alkanes) is 1. The third-order valence-electron chi connectivity index (χ3n) is 13.2. The summed E-state index contributed by atoms with van der Waals surface area (Å²) in [7, 11) is 1.84. The number of hydrogen-bond acceptors (Lipinski definition) is 24. The summed E-state index contributed by atoms with van der Waals surface area (Å²) in [6.45, 7) is 3.75. The maximum absolute atomic E-state index is 14.6.